The number of carbonyl (C=O) groups is 3. The summed E-state index contributed by atoms with van der Waals surface area (Å²) in [6, 6.07) is 24.0. The largest absolute Gasteiger partial charge is 0.481 e. The van der Waals surface area contributed by atoms with Crippen LogP contribution in [-0.4, -0.2) is 36.2 Å². The van der Waals surface area contributed by atoms with Crippen LogP contribution in [0.3, 0.4) is 0 Å². The zero-order chi connectivity index (χ0) is 25.3. The van der Waals surface area contributed by atoms with Crippen molar-refractivity contribution in [3.8, 4) is 0 Å². The second-order valence-corrected chi connectivity index (χ2v) is 8.80. The first-order chi connectivity index (χ1) is 17.5. The van der Waals surface area contributed by atoms with Gasteiger partial charge in [0.05, 0.1) is 12.5 Å². The van der Waals surface area contributed by atoms with E-state index < -0.39 is 41.2 Å². The first-order valence-corrected chi connectivity index (χ1v) is 11.7. The number of anilines is 1. The summed E-state index contributed by atoms with van der Waals surface area (Å²) in [5, 5.41) is 13.5. The topological polar surface area (TPSA) is 102 Å². The highest BCUT2D eigenvalue weighted by Gasteiger charge is 2.64. The molecule has 3 aromatic rings. The first kappa shape index (κ1) is 23.5. The van der Waals surface area contributed by atoms with Crippen LogP contribution in [0.25, 0.3) is 0 Å². The second-order valence-electron chi connectivity index (χ2n) is 8.80. The van der Waals surface area contributed by atoms with Crippen molar-refractivity contribution >= 4 is 23.5 Å². The number of carbonyl (C=O) groups excluding carboxylic acids is 2. The van der Waals surface area contributed by atoms with Gasteiger partial charge in [-0.25, -0.2) is 4.79 Å². The number of rotatable bonds is 8. The minimum absolute atomic E-state index is 0.0658. The van der Waals surface area contributed by atoms with Crippen LogP contribution in [0.4, 0.5) is 5.69 Å². The van der Waals surface area contributed by atoms with E-state index in [1.165, 1.54) is 0 Å². The number of hydrogen-bond donors (Lipinski definition) is 2. The molecule has 7 nitrogen and oxygen atoms in total. The molecule has 2 unspecified atom stereocenters. The van der Waals surface area contributed by atoms with Crippen molar-refractivity contribution < 1.29 is 29.0 Å². The lowest BCUT2D eigenvalue weighted by molar-refractivity contribution is -0.171. The Morgan fingerprint density at radius 3 is 2.06 bits per heavy atom. The van der Waals surface area contributed by atoms with E-state index in [9.17, 15) is 19.5 Å². The predicted molar refractivity (Wildman–Crippen MR) is 132 cm³/mol. The van der Waals surface area contributed by atoms with Crippen LogP contribution < -0.4 is 5.32 Å². The number of carboxylic acids is 1. The van der Waals surface area contributed by atoms with Crippen LogP contribution in [0.2, 0.25) is 0 Å². The maximum absolute atomic E-state index is 13.8. The molecule has 0 radical (unpaired) electrons. The maximum atomic E-state index is 13.8. The summed E-state index contributed by atoms with van der Waals surface area (Å²) in [6.45, 7) is 3.23. The average molecular weight is 484 g/mol. The predicted octanol–water partition coefficient (Wildman–Crippen LogP) is 4.09. The summed E-state index contributed by atoms with van der Waals surface area (Å²) in [4.78, 5) is 38.3. The van der Waals surface area contributed by atoms with Crippen molar-refractivity contribution in [2.75, 3.05) is 18.5 Å². The van der Waals surface area contributed by atoms with Crippen molar-refractivity contribution in [2.24, 2.45) is 11.8 Å². The third-order valence-electron chi connectivity index (χ3n) is 6.98. The Morgan fingerprint density at radius 2 is 1.47 bits per heavy atom. The van der Waals surface area contributed by atoms with E-state index in [1.54, 1.807) is 24.3 Å². The number of esters is 1. The molecule has 2 N–H and O–H groups in total. The maximum Gasteiger partial charge on any atom is 0.330 e. The zero-order valence-electron chi connectivity index (χ0n) is 19.4. The van der Waals surface area contributed by atoms with E-state index in [-0.39, 0.29) is 13.2 Å². The van der Waals surface area contributed by atoms with E-state index in [0.717, 1.165) is 17.2 Å². The van der Waals surface area contributed by atoms with Gasteiger partial charge in [-0.3, -0.25) is 9.59 Å². The van der Waals surface area contributed by atoms with Crippen LogP contribution in [0, 0.1) is 11.8 Å². The van der Waals surface area contributed by atoms with Crippen molar-refractivity contribution in [1.29, 1.82) is 0 Å². The molecular formula is C29H25NO6. The molecule has 2 atom stereocenters. The Balaban J connectivity index is 1.65. The molecule has 182 valence electrons. The Bertz CT molecular complexity index is 1290. The van der Waals surface area contributed by atoms with Gasteiger partial charge in [-0.15, -0.1) is 0 Å². The quantitative estimate of drug-likeness (QED) is 0.284. The van der Waals surface area contributed by atoms with Crippen LogP contribution in [0.5, 0.6) is 0 Å². The van der Waals surface area contributed by atoms with Crippen molar-refractivity contribution in [3.63, 3.8) is 0 Å². The lowest BCUT2D eigenvalue weighted by Crippen LogP contribution is -2.59. The normalized spacial score (nSPS) is 23.2. The van der Waals surface area contributed by atoms with E-state index in [0.29, 0.717) is 16.8 Å². The van der Waals surface area contributed by atoms with Gasteiger partial charge < -0.3 is 19.9 Å². The fraction of sp³-hybridized carbons (Fsp3) is 0.207. The van der Waals surface area contributed by atoms with Crippen molar-refractivity contribution in [1.82, 2.24) is 0 Å². The summed E-state index contributed by atoms with van der Waals surface area (Å²) < 4.78 is 11.5. The molecule has 0 aromatic heterocycles. The van der Waals surface area contributed by atoms with Gasteiger partial charge >= 0.3 is 11.9 Å². The van der Waals surface area contributed by atoms with Gasteiger partial charge in [0, 0.05) is 17.7 Å². The van der Waals surface area contributed by atoms with Crippen LogP contribution >= 0.6 is 0 Å². The zero-order valence-corrected chi connectivity index (χ0v) is 19.4. The number of para-hydroxylation sites is 1. The molecule has 2 bridgehead atoms. The minimum atomic E-state index is -1.45. The third kappa shape index (κ3) is 3.69. The Hall–Kier alpha value is -4.23. The summed E-state index contributed by atoms with van der Waals surface area (Å²) in [6.07, 6.45) is 1.05. The molecule has 1 amide bonds. The summed E-state index contributed by atoms with van der Waals surface area (Å²) in [5.74, 6) is -4.76. The lowest BCUT2D eigenvalue weighted by Gasteiger charge is -2.55. The molecule has 0 aliphatic heterocycles. The molecule has 7 heteroatoms. The van der Waals surface area contributed by atoms with Gasteiger partial charge in [-0.2, -0.15) is 0 Å². The minimum Gasteiger partial charge on any atom is -0.481 e. The number of ether oxygens (including phenoxy) is 2. The smallest absolute Gasteiger partial charge is 0.330 e. The van der Waals surface area contributed by atoms with E-state index >= 15 is 0 Å². The van der Waals surface area contributed by atoms with E-state index in [1.807, 2.05) is 54.6 Å². The SMILES string of the molecule is C=CC(=O)OCCOC12c3ccccc3C(c3ccccc31)C(C(=O)Nc1ccccc1)C2C(=O)O. The monoisotopic (exact) mass is 483 g/mol. The Kier molecular flexibility index (Phi) is 6.16. The van der Waals surface area contributed by atoms with Gasteiger partial charge in [-0.05, 0) is 34.4 Å². The number of carboxylic acid groups (broad SMARTS) is 1. The highest BCUT2D eigenvalue weighted by molar-refractivity contribution is 5.98. The van der Waals surface area contributed by atoms with Gasteiger partial charge in [0.25, 0.3) is 0 Å². The molecule has 3 aromatic carbocycles. The second kappa shape index (κ2) is 9.43. The number of hydrogen-bond acceptors (Lipinski definition) is 5. The number of aliphatic carboxylic acids is 1. The van der Waals surface area contributed by atoms with Gasteiger partial charge in [-0.1, -0.05) is 73.3 Å². The third-order valence-corrected chi connectivity index (χ3v) is 6.98. The van der Waals surface area contributed by atoms with Crippen LogP contribution in [-0.2, 0) is 29.5 Å². The molecule has 0 heterocycles. The Morgan fingerprint density at radius 1 is 0.889 bits per heavy atom. The molecule has 36 heavy (non-hydrogen) atoms. The molecular weight excluding hydrogens is 458 g/mol. The van der Waals surface area contributed by atoms with E-state index in [2.05, 4.69) is 11.9 Å². The molecule has 0 saturated carbocycles. The molecule has 3 aliphatic rings. The highest BCUT2D eigenvalue weighted by Crippen LogP contribution is 2.62. The molecule has 0 fully saturated rings. The number of benzene rings is 3. The van der Waals surface area contributed by atoms with Crippen molar-refractivity contribution in [3.05, 3.63) is 114 Å². The van der Waals surface area contributed by atoms with Crippen LogP contribution in [0.1, 0.15) is 28.2 Å². The van der Waals surface area contributed by atoms with E-state index in [4.69, 9.17) is 9.47 Å². The Labute approximate surface area is 208 Å². The molecule has 0 saturated heterocycles. The summed E-state index contributed by atoms with van der Waals surface area (Å²) in [5.41, 5.74) is 2.25. The van der Waals surface area contributed by atoms with Gasteiger partial charge in [0.1, 0.15) is 18.1 Å². The van der Waals surface area contributed by atoms with Gasteiger partial charge in [0.2, 0.25) is 5.91 Å². The number of amides is 1. The number of nitrogens with one attached hydrogen (secondary N) is 1. The fourth-order valence-electron chi connectivity index (χ4n) is 5.72. The highest BCUT2D eigenvalue weighted by atomic mass is 16.6. The van der Waals surface area contributed by atoms with Crippen molar-refractivity contribution in [2.45, 2.75) is 11.5 Å². The molecule has 6 rings (SSSR count). The summed E-state index contributed by atoms with van der Waals surface area (Å²) in [7, 11) is 0. The van der Waals surface area contributed by atoms with Gasteiger partial charge in [0.15, 0.2) is 0 Å². The molecule has 0 spiro atoms. The molecule has 3 aliphatic carbocycles. The first-order valence-electron chi connectivity index (χ1n) is 11.7. The lowest BCUT2D eigenvalue weighted by atomic mass is 9.51. The number of fused-ring (bicyclic) bond motifs is 1. The van der Waals surface area contributed by atoms with Crippen LogP contribution in [0.15, 0.2) is 91.5 Å². The fourth-order valence-corrected chi connectivity index (χ4v) is 5.72. The summed E-state index contributed by atoms with van der Waals surface area (Å²) >= 11 is 0. The standard InChI is InChI=1S/C29H25NO6/c1-2-23(31)35-16-17-36-29-21-14-8-6-12-19(21)24(20-13-7-9-15-22(20)29)25(26(29)28(33)34)27(32)30-18-10-4-3-5-11-18/h2-15,24-26H,1,16-17H2,(H,30,32)(H,33,34). The average Bonchev–Trinajstić information content (AvgIpc) is 2.91.